The number of aromatic nitrogens is 1. The second-order valence-electron chi connectivity index (χ2n) is 5.15. The van der Waals surface area contributed by atoms with Crippen molar-refractivity contribution in [3.8, 4) is 0 Å². The van der Waals surface area contributed by atoms with Gasteiger partial charge in [0, 0.05) is 38.8 Å². The molecule has 1 amide bonds. The van der Waals surface area contributed by atoms with Crippen molar-refractivity contribution in [3.63, 3.8) is 0 Å². The number of likely N-dealkylation sites (N-methyl/N-ethyl adjacent to an activating group) is 1. The summed E-state index contributed by atoms with van der Waals surface area (Å²) in [5, 5.41) is 14.1. The van der Waals surface area contributed by atoms with Crippen LogP contribution in [0, 0.1) is 17.0 Å². The number of carbonyl (C=O) groups excluding carboxylic acids is 1. The lowest BCUT2D eigenvalue weighted by Gasteiger charge is -2.29. The molecule has 0 spiro atoms. The number of anilines is 1. The second-order valence-corrected chi connectivity index (χ2v) is 5.94. The topological polar surface area (TPSA) is 91.6 Å². The predicted octanol–water partition coefficient (Wildman–Crippen LogP) is 0.929. The lowest BCUT2D eigenvalue weighted by atomic mass is 10.2. The number of rotatable bonds is 4. The molecule has 0 unspecified atom stereocenters. The Balaban J connectivity index is 2.12. The van der Waals surface area contributed by atoms with Crippen molar-refractivity contribution in [3.05, 3.63) is 26.3 Å². The molecule has 0 atom stereocenters. The van der Waals surface area contributed by atoms with Gasteiger partial charge in [0.1, 0.15) is 12.0 Å². The second kappa shape index (κ2) is 7.01. The van der Waals surface area contributed by atoms with Gasteiger partial charge in [0.05, 0.1) is 15.9 Å². The molecule has 8 nitrogen and oxygen atoms in total. The summed E-state index contributed by atoms with van der Waals surface area (Å²) in [7, 11) is 1.75. The van der Waals surface area contributed by atoms with Gasteiger partial charge in [-0.25, -0.2) is 4.98 Å². The molecule has 0 saturated carbocycles. The van der Waals surface area contributed by atoms with Crippen molar-refractivity contribution in [2.75, 3.05) is 44.7 Å². The maximum Gasteiger partial charge on any atom is 0.291 e. The number of nitro groups is 1. The Morgan fingerprint density at radius 3 is 2.77 bits per heavy atom. The largest absolute Gasteiger partial charge is 0.349 e. The van der Waals surface area contributed by atoms with Crippen LogP contribution in [0.15, 0.2) is 10.7 Å². The first-order chi connectivity index (χ1) is 10.4. The highest BCUT2D eigenvalue weighted by Gasteiger charge is 2.22. The molecule has 1 fully saturated rings. The van der Waals surface area contributed by atoms with Gasteiger partial charge in [-0.2, -0.15) is 0 Å². The molecule has 0 aliphatic carbocycles. The van der Waals surface area contributed by atoms with E-state index in [9.17, 15) is 14.9 Å². The zero-order valence-corrected chi connectivity index (χ0v) is 14.1. The molecule has 0 radical (unpaired) electrons. The fourth-order valence-corrected chi connectivity index (χ4v) is 2.91. The molecule has 9 heteroatoms. The highest BCUT2D eigenvalue weighted by atomic mass is 79.9. The van der Waals surface area contributed by atoms with Crippen molar-refractivity contribution >= 4 is 33.3 Å². The van der Waals surface area contributed by atoms with Gasteiger partial charge < -0.3 is 15.1 Å². The first kappa shape index (κ1) is 16.6. The van der Waals surface area contributed by atoms with Crippen molar-refractivity contribution < 1.29 is 9.72 Å². The summed E-state index contributed by atoms with van der Waals surface area (Å²) in [4.78, 5) is 30.3. The highest BCUT2D eigenvalue weighted by molar-refractivity contribution is 9.10. The monoisotopic (exact) mass is 371 g/mol. The Labute approximate surface area is 136 Å². The molecule has 1 saturated heterocycles. The molecule has 2 heterocycles. The maximum atomic E-state index is 12.3. The van der Waals surface area contributed by atoms with Crippen LogP contribution in [-0.2, 0) is 4.79 Å². The van der Waals surface area contributed by atoms with E-state index in [0.717, 1.165) is 13.1 Å². The molecule has 1 aliphatic rings. The van der Waals surface area contributed by atoms with Gasteiger partial charge >= 0.3 is 0 Å². The van der Waals surface area contributed by atoms with Gasteiger partial charge in [0.15, 0.2) is 0 Å². The van der Waals surface area contributed by atoms with Gasteiger partial charge in [-0.1, -0.05) is 0 Å². The summed E-state index contributed by atoms with van der Waals surface area (Å²) in [5.41, 5.74) is 0.453. The molecular formula is C13H18BrN5O3. The molecule has 22 heavy (non-hydrogen) atoms. The summed E-state index contributed by atoms with van der Waals surface area (Å²) in [6, 6.07) is 0. The fourth-order valence-electron chi connectivity index (χ4n) is 2.30. The van der Waals surface area contributed by atoms with E-state index in [1.54, 1.807) is 23.8 Å². The Morgan fingerprint density at radius 1 is 1.55 bits per heavy atom. The van der Waals surface area contributed by atoms with Crippen molar-refractivity contribution in [2.24, 2.45) is 0 Å². The summed E-state index contributed by atoms with van der Waals surface area (Å²) >= 11 is 3.34. The Hall–Kier alpha value is -1.74. The van der Waals surface area contributed by atoms with E-state index < -0.39 is 4.92 Å². The molecule has 1 aromatic rings. The van der Waals surface area contributed by atoms with Crippen LogP contribution >= 0.6 is 15.9 Å². The SMILES string of the molecule is Cc1c([N+](=O)[O-])cnc(N(C)CC(=O)N2CCNCC2)c1Br. The lowest BCUT2D eigenvalue weighted by Crippen LogP contribution is -2.49. The number of hydrogen-bond donors (Lipinski definition) is 1. The molecule has 120 valence electrons. The molecule has 0 bridgehead atoms. The van der Waals surface area contributed by atoms with E-state index in [-0.39, 0.29) is 18.1 Å². The summed E-state index contributed by atoms with van der Waals surface area (Å²) < 4.78 is 0.539. The number of halogens is 1. The first-order valence-electron chi connectivity index (χ1n) is 6.91. The third-order valence-corrected chi connectivity index (χ3v) is 4.57. The van der Waals surface area contributed by atoms with E-state index in [0.29, 0.717) is 28.9 Å². The molecule has 1 aliphatic heterocycles. The van der Waals surface area contributed by atoms with E-state index in [4.69, 9.17) is 0 Å². The van der Waals surface area contributed by atoms with Gasteiger partial charge in [-0.15, -0.1) is 0 Å². The minimum absolute atomic E-state index is 0.0219. The Bertz CT molecular complexity index is 589. The molecule has 1 N–H and O–H groups in total. The summed E-state index contributed by atoms with van der Waals surface area (Å²) in [6.45, 7) is 4.82. The number of pyridine rings is 1. The van der Waals surface area contributed by atoms with Gasteiger partial charge in [-0.3, -0.25) is 14.9 Å². The molecule has 0 aromatic carbocycles. The third kappa shape index (κ3) is 3.53. The van der Waals surface area contributed by atoms with Crippen LogP contribution in [-0.4, -0.2) is 60.5 Å². The van der Waals surface area contributed by atoms with Crippen molar-refractivity contribution in [1.29, 1.82) is 0 Å². The minimum Gasteiger partial charge on any atom is -0.349 e. The minimum atomic E-state index is -0.469. The van der Waals surface area contributed by atoms with Crippen LogP contribution in [0.1, 0.15) is 5.56 Å². The zero-order chi connectivity index (χ0) is 16.3. The van der Waals surface area contributed by atoms with Crippen molar-refractivity contribution in [1.82, 2.24) is 15.2 Å². The van der Waals surface area contributed by atoms with E-state index in [2.05, 4.69) is 26.2 Å². The fraction of sp³-hybridized carbons (Fsp3) is 0.538. The van der Waals surface area contributed by atoms with Crippen LogP contribution in [0.4, 0.5) is 11.5 Å². The molecular weight excluding hydrogens is 354 g/mol. The average Bonchev–Trinajstić information content (AvgIpc) is 2.50. The Morgan fingerprint density at radius 2 is 2.18 bits per heavy atom. The normalized spacial score (nSPS) is 14.8. The zero-order valence-electron chi connectivity index (χ0n) is 12.5. The van der Waals surface area contributed by atoms with E-state index in [1.165, 1.54) is 6.20 Å². The molecule has 2 rings (SSSR count). The van der Waals surface area contributed by atoms with E-state index in [1.807, 2.05) is 0 Å². The van der Waals surface area contributed by atoms with Crippen molar-refractivity contribution in [2.45, 2.75) is 6.92 Å². The lowest BCUT2D eigenvalue weighted by molar-refractivity contribution is -0.385. The maximum absolute atomic E-state index is 12.3. The molecule has 1 aromatic heterocycles. The van der Waals surface area contributed by atoms with Crippen LogP contribution in [0.5, 0.6) is 0 Å². The standard InChI is InChI=1S/C13H18BrN5O3/c1-9-10(19(21)22)7-16-13(12(9)14)17(2)8-11(20)18-5-3-15-4-6-18/h7,15H,3-6,8H2,1-2H3. The summed E-state index contributed by atoms with van der Waals surface area (Å²) in [5.74, 6) is 0.542. The number of hydrogen-bond acceptors (Lipinski definition) is 6. The quantitative estimate of drug-likeness (QED) is 0.625. The van der Waals surface area contributed by atoms with Crippen LogP contribution < -0.4 is 10.2 Å². The van der Waals surface area contributed by atoms with Gasteiger partial charge in [0.25, 0.3) is 5.69 Å². The van der Waals surface area contributed by atoms with Crippen LogP contribution in [0.25, 0.3) is 0 Å². The van der Waals surface area contributed by atoms with E-state index >= 15 is 0 Å². The van der Waals surface area contributed by atoms with Gasteiger partial charge in [0.2, 0.25) is 5.91 Å². The summed E-state index contributed by atoms with van der Waals surface area (Å²) in [6.07, 6.45) is 1.22. The number of amides is 1. The number of carbonyl (C=O) groups is 1. The smallest absolute Gasteiger partial charge is 0.291 e. The third-order valence-electron chi connectivity index (χ3n) is 3.62. The number of piperazine rings is 1. The highest BCUT2D eigenvalue weighted by Crippen LogP contribution is 2.32. The average molecular weight is 372 g/mol. The van der Waals surface area contributed by atoms with Crippen LogP contribution in [0.2, 0.25) is 0 Å². The van der Waals surface area contributed by atoms with Gasteiger partial charge in [-0.05, 0) is 22.9 Å². The first-order valence-corrected chi connectivity index (χ1v) is 7.70. The predicted molar refractivity (Wildman–Crippen MR) is 86.0 cm³/mol. The Kier molecular flexibility index (Phi) is 5.30. The number of nitrogens with zero attached hydrogens (tertiary/aromatic N) is 4. The van der Waals surface area contributed by atoms with Crippen LogP contribution in [0.3, 0.4) is 0 Å². The number of nitrogens with one attached hydrogen (secondary N) is 1.